The molecule has 8 heteroatoms. The van der Waals surface area contributed by atoms with Crippen LogP contribution in [0.25, 0.3) is 0 Å². The summed E-state index contributed by atoms with van der Waals surface area (Å²) in [7, 11) is 1.63. The molecule has 1 aliphatic heterocycles. The maximum Gasteiger partial charge on any atom is 0.270 e. The van der Waals surface area contributed by atoms with Crippen molar-refractivity contribution in [1.29, 1.82) is 0 Å². The van der Waals surface area contributed by atoms with E-state index in [1.165, 1.54) is 0 Å². The molecule has 1 aromatic heterocycles. The highest BCUT2D eigenvalue weighted by molar-refractivity contribution is 5.92. The summed E-state index contributed by atoms with van der Waals surface area (Å²) in [6, 6.07) is 1.71. The maximum absolute atomic E-state index is 12.2. The number of carbonyl (C=O) groups excluding carboxylic acids is 2. The summed E-state index contributed by atoms with van der Waals surface area (Å²) >= 11 is 0. The fraction of sp³-hybridized carbons (Fsp3) is 0.625. The smallest absolute Gasteiger partial charge is 0.270 e. The molecule has 1 fully saturated rings. The lowest BCUT2D eigenvalue weighted by molar-refractivity contribution is -0.129. The molecule has 0 aliphatic carbocycles. The van der Waals surface area contributed by atoms with Gasteiger partial charge in [0.2, 0.25) is 5.91 Å². The summed E-state index contributed by atoms with van der Waals surface area (Å²) in [4.78, 5) is 36.2. The molecule has 1 saturated heterocycles. The van der Waals surface area contributed by atoms with E-state index in [0.29, 0.717) is 50.8 Å². The second-order valence-corrected chi connectivity index (χ2v) is 5.75. The van der Waals surface area contributed by atoms with Crippen molar-refractivity contribution in [2.75, 3.05) is 51.3 Å². The van der Waals surface area contributed by atoms with Gasteiger partial charge in [-0.3, -0.25) is 9.59 Å². The SMILES string of the molecule is COCCCNC(=O)c1cc(N2CCN(C(C)=O)CC2)nc(C)n1. The van der Waals surface area contributed by atoms with Gasteiger partial charge in [0.1, 0.15) is 17.3 Å². The molecule has 2 heterocycles. The molecule has 1 aromatic rings. The third kappa shape index (κ3) is 4.89. The number of aryl methyl sites for hydroxylation is 1. The average molecular weight is 335 g/mol. The Kier molecular flexibility index (Phi) is 6.48. The van der Waals surface area contributed by atoms with Crippen molar-refractivity contribution >= 4 is 17.6 Å². The Hall–Kier alpha value is -2.22. The molecule has 0 aromatic carbocycles. The first kappa shape index (κ1) is 18.1. The minimum Gasteiger partial charge on any atom is -0.385 e. The lowest BCUT2D eigenvalue weighted by Crippen LogP contribution is -2.48. The summed E-state index contributed by atoms with van der Waals surface area (Å²) in [5.74, 6) is 1.17. The number of rotatable bonds is 6. The van der Waals surface area contributed by atoms with E-state index in [2.05, 4.69) is 20.2 Å². The van der Waals surface area contributed by atoms with Crippen LogP contribution in [-0.2, 0) is 9.53 Å². The topological polar surface area (TPSA) is 87.7 Å². The van der Waals surface area contributed by atoms with Gasteiger partial charge in [0.25, 0.3) is 5.91 Å². The number of hydrogen-bond acceptors (Lipinski definition) is 6. The predicted molar refractivity (Wildman–Crippen MR) is 90.1 cm³/mol. The number of amides is 2. The highest BCUT2D eigenvalue weighted by atomic mass is 16.5. The Labute approximate surface area is 142 Å². The summed E-state index contributed by atoms with van der Waals surface area (Å²) in [5, 5.41) is 2.83. The number of hydrogen-bond donors (Lipinski definition) is 1. The van der Waals surface area contributed by atoms with Gasteiger partial charge in [-0.15, -0.1) is 0 Å². The van der Waals surface area contributed by atoms with E-state index in [-0.39, 0.29) is 11.8 Å². The molecular weight excluding hydrogens is 310 g/mol. The van der Waals surface area contributed by atoms with Crippen LogP contribution in [0, 0.1) is 6.92 Å². The van der Waals surface area contributed by atoms with Crippen LogP contribution in [0.4, 0.5) is 5.82 Å². The van der Waals surface area contributed by atoms with E-state index in [1.807, 2.05) is 4.90 Å². The monoisotopic (exact) mass is 335 g/mol. The minimum atomic E-state index is -0.208. The Bertz CT molecular complexity index is 585. The Balaban J connectivity index is 2.00. The number of carbonyl (C=O) groups is 2. The van der Waals surface area contributed by atoms with E-state index in [1.54, 1.807) is 27.0 Å². The molecule has 2 amide bonds. The Morgan fingerprint density at radius 2 is 1.96 bits per heavy atom. The van der Waals surface area contributed by atoms with Gasteiger partial charge in [0.05, 0.1) is 0 Å². The van der Waals surface area contributed by atoms with Gasteiger partial charge in [-0.25, -0.2) is 9.97 Å². The van der Waals surface area contributed by atoms with Crippen molar-refractivity contribution in [3.05, 3.63) is 17.6 Å². The normalized spacial score (nSPS) is 14.6. The van der Waals surface area contributed by atoms with Gasteiger partial charge in [-0.05, 0) is 13.3 Å². The van der Waals surface area contributed by atoms with Gasteiger partial charge in [0.15, 0.2) is 0 Å². The molecule has 0 bridgehead atoms. The van der Waals surface area contributed by atoms with Crippen molar-refractivity contribution in [2.24, 2.45) is 0 Å². The van der Waals surface area contributed by atoms with Crippen LogP contribution in [0.15, 0.2) is 6.07 Å². The van der Waals surface area contributed by atoms with E-state index < -0.39 is 0 Å². The molecule has 1 N–H and O–H groups in total. The van der Waals surface area contributed by atoms with Crippen LogP contribution in [0.5, 0.6) is 0 Å². The van der Waals surface area contributed by atoms with Crippen LogP contribution in [-0.4, -0.2) is 73.1 Å². The first-order valence-corrected chi connectivity index (χ1v) is 8.14. The molecule has 8 nitrogen and oxygen atoms in total. The second-order valence-electron chi connectivity index (χ2n) is 5.75. The van der Waals surface area contributed by atoms with Crippen molar-refractivity contribution in [3.63, 3.8) is 0 Å². The molecule has 132 valence electrons. The van der Waals surface area contributed by atoms with Crippen molar-refractivity contribution in [1.82, 2.24) is 20.2 Å². The first-order valence-electron chi connectivity index (χ1n) is 8.14. The van der Waals surface area contributed by atoms with Crippen molar-refractivity contribution in [3.8, 4) is 0 Å². The predicted octanol–water partition coefficient (Wildman–Crippen LogP) is 0.220. The van der Waals surface area contributed by atoms with Crippen LogP contribution in [0.1, 0.15) is 29.7 Å². The number of ether oxygens (including phenoxy) is 1. The molecular formula is C16H25N5O3. The van der Waals surface area contributed by atoms with Gasteiger partial charge in [0, 0.05) is 59.4 Å². The Morgan fingerprint density at radius 3 is 2.58 bits per heavy atom. The van der Waals surface area contributed by atoms with Crippen LogP contribution >= 0.6 is 0 Å². The van der Waals surface area contributed by atoms with E-state index in [9.17, 15) is 9.59 Å². The number of anilines is 1. The number of aromatic nitrogens is 2. The van der Waals surface area contributed by atoms with Crippen molar-refractivity contribution in [2.45, 2.75) is 20.3 Å². The number of nitrogens with zero attached hydrogens (tertiary/aromatic N) is 4. The molecule has 0 spiro atoms. The molecule has 0 atom stereocenters. The molecule has 0 saturated carbocycles. The quantitative estimate of drug-likeness (QED) is 0.748. The number of nitrogens with one attached hydrogen (secondary N) is 1. The fourth-order valence-electron chi connectivity index (χ4n) is 2.59. The zero-order chi connectivity index (χ0) is 17.5. The van der Waals surface area contributed by atoms with Gasteiger partial charge in [-0.2, -0.15) is 0 Å². The van der Waals surface area contributed by atoms with Gasteiger partial charge < -0.3 is 19.9 Å². The van der Waals surface area contributed by atoms with E-state index in [0.717, 1.165) is 12.2 Å². The van der Waals surface area contributed by atoms with E-state index in [4.69, 9.17) is 4.74 Å². The molecule has 2 rings (SSSR count). The molecule has 24 heavy (non-hydrogen) atoms. The van der Waals surface area contributed by atoms with Gasteiger partial charge in [-0.1, -0.05) is 0 Å². The molecule has 0 radical (unpaired) electrons. The third-order valence-corrected chi connectivity index (χ3v) is 3.92. The van der Waals surface area contributed by atoms with Crippen LogP contribution in [0.3, 0.4) is 0 Å². The zero-order valence-electron chi connectivity index (χ0n) is 14.5. The van der Waals surface area contributed by atoms with Crippen molar-refractivity contribution < 1.29 is 14.3 Å². The number of methoxy groups -OCH3 is 1. The lowest BCUT2D eigenvalue weighted by Gasteiger charge is -2.35. The maximum atomic E-state index is 12.2. The van der Waals surface area contributed by atoms with Crippen LogP contribution < -0.4 is 10.2 Å². The average Bonchev–Trinajstić information content (AvgIpc) is 2.58. The lowest BCUT2D eigenvalue weighted by atomic mass is 10.2. The first-order chi connectivity index (χ1) is 11.5. The fourth-order valence-corrected chi connectivity index (χ4v) is 2.59. The van der Waals surface area contributed by atoms with Crippen LogP contribution in [0.2, 0.25) is 0 Å². The number of piperazine rings is 1. The highest BCUT2D eigenvalue weighted by Crippen LogP contribution is 2.15. The largest absolute Gasteiger partial charge is 0.385 e. The summed E-state index contributed by atoms with van der Waals surface area (Å²) in [6.07, 6.45) is 0.756. The zero-order valence-corrected chi connectivity index (χ0v) is 14.5. The summed E-state index contributed by atoms with van der Waals surface area (Å²) < 4.78 is 4.96. The summed E-state index contributed by atoms with van der Waals surface area (Å²) in [5.41, 5.74) is 0.365. The Morgan fingerprint density at radius 1 is 1.25 bits per heavy atom. The highest BCUT2D eigenvalue weighted by Gasteiger charge is 2.21. The third-order valence-electron chi connectivity index (χ3n) is 3.92. The molecule has 1 aliphatic rings. The van der Waals surface area contributed by atoms with Gasteiger partial charge >= 0.3 is 0 Å². The molecule has 0 unspecified atom stereocenters. The minimum absolute atomic E-state index is 0.0876. The van der Waals surface area contributed by atoms with E-state index >= 15 is 0 Å². The second kappa shape index (κ2) is 8.58. The standard InChI is InChI=1S/C16H25N5O3/c1-12-18-14(16(23)17-5-4-10-24-3)11-15(19-12)21-8-6-20(7-9-21)13(2)22/h11H,4-10H2,1-3H3,(H,17,23). The summed E-state index contributed by atoms with van der Waals surface area (Å²) in [6.45, 7) is 7.23.